The zero-order chi connectivity index (χ0) is 15.1. The molecule has 1 amide bonds. The fraction of sp³-hybridized carbons (Fsp3) is 0.294. The monoisotopic (exact) mass is 284 g/mol. The van der Waals surface area contributed by atoms with Crippen molar-refractivity contribution in [1.29, 1.82) is 0 Å². The van der Waals surface area contributed by atoms with Gasteiger partial charge in [0.05, 0.1) is 0 Å². The summed E-state index contributed by atoms with van der Waals surface area (Å²) in [6.45, 7) is 2.55. The van der Waals surface area contributed by atoms with E-state index in [1.807, 2.05) is 30.3 Å². The number of hydrogen-bond acceptors (Lipinski definition) is 2. The van der Waals surface area contributed by atoms with Crippen molar-refractivity contribution in [2.24, 2.45) is 0 Å². The molecule has 1 heterocycles. The number of aryl methyl sites for hydroxylation is 1. The van der Waals surface area contributed by atoms with Gasteiger partial charge in [0.2, 0.25) is 5.56 Å². The third kappa shape index (κ3) is 4.60. The highest BCUT2D eigenvalue weighted by atomic mass is 16.2. The van der Waals surface area contributed by atoms with Crippen LogP contribution in [-0.4, -0.2) is 10.9 Å². The van der Waals surface area contributed by atoms with Gasteiger partial charge in [0.1, 0.15) is 0 Å². The molecule has 0 saturated carbocycles. The fourth-order valence-electron chi connectivity index (χ4n) is 2.11. The first-order valence-electron chi connectivity index (χ1n) is 7.24. The van der Waals surface area contributed by atoms with Gasteiger partial charge in [-0.25, -0.2) is 0 Å². The van der Waals surface area contributed by atoms with E-state index in [4.69, 9.17) is 0 Å². The lowest BCUT2D eigenvalue weighted by Crippen LogP contribution is -2.25. The molecule has 1 aromatic carbocycles. The van der Waals surface area contributed by atoms with Crippen LogP contribution in [0.5, 0.6) is 0 Å². The third-order valence-corrected chi connectivity index (χ3v) is 3.26. The first-order chi connectivity index (χ1) is 10.2. The summed E-state index contributed by atoms with van der Waals surface area (Å²) in [5, 5.41) is 2.83. The number of carbonyl (C=O) groups excluding carboxylic acids is 1. The van der Waals surface area contributed by atoms with E-state index in [9.17, 15) is 9.59 Å². The summed E-state index contributed by atoms with van der Waals surface area (Å²) in [5.41, 5.74) is 2.03. The van der Waals surface area contributed by atoms with E-state index >= 15 is 0 Å². The third-order valence-electron chi connectivity index (χ3n) is 3.26. The number of aromatic amines is 1. The van der Waals surface area contributed by atoms with Crippen LogP contribution in [-0.2, 0) is 13.0 Å². The lowest BCUT2D eigenvalue weighted by atomic mass is 10.1. The topological polar surface area (TPSA) is 62.0 Å². The number of amides is 1. The Labute approximate surface area is 124 Å². The molecule has 0 aliphatic heterocycles. The molecule has 0 fully saturated rings. The number of carbonyl (C=O) groups is 1. The van der Waals surface area contributed by atoms with Crippen LogP contribution in [0.25, 0.3) is 0 Å². The number of benzene rings is 1. The number of rotatable bonds is 6. The number of nitrogens with one attached hydrogen (secondary N) is 2. The van der Waals surface area contributed by atoms with E-state index < -0.39 is 0 Å². The van der Waals surface area contributed by atoms with Crippen molar-refractivity contribution in [3.8, 4) is 0 Å². The lowest BCUT2D eigenvalue weighted by Gasteiger charge is -2.07. The fourth-order valence-corrected chi connectivity index (χ4v) is 2.11. The summed E-state index contributed by atoms with van der Waals surface area (Å²) in [4.78, 5) is 26.5. The summed E-state index contributed by atoms with van der Waals surface area (Å²) in [6, 6.07) is 12.8. The Bertz CT molecular complexity index is 647. The molecule has 0 aliphatic carbocycles. The second kappa shape index (κ2) is 7.43. The van der Waals surface area contributed by atoms with Crippen molar-refractivity contribution in [3.63, 3.8) is 0 Å². The number of H-pyrrole nitrogens is 1. The highest BCUT2D eigenvalue weighted by Crippen LogP contribution is 2.04. The van der Waals surface area contributed by atoms with Crippen LogP contribution in [0.2, 0.25) is 0 Å². The molecular weight excluding hydrogens is 264 g/mol. The normalized spacial score (nSPS) is 10.3. The molecule has 2 aromatic rings. The van der Waals surface area contributed by atoms with Crippen LogP contribution in [0.15, 0.2) is 47.3 Å². The van der Waals surface area contributed by atoms with Crippen LogP contribution in [0.1, 0.15) is 41.4 Å². The molecule has 0 spiro atoms. The van der Waals surface area contributed by atoms with Gasteiger partial charge in [-0.2, -0.15) is 0 Å². The summed E-state index contributed by atoms with van der Waals surface area (Å²) < 4.78 is 0. The van der Waals surface area contributed by atoms with Gasteiger partial charge >= 0.3 is 0 Å². The van der Waals surface area contributed by atoms with Gasteiger partial charge in [-0.05, 0) is 24.5 Å². The van der Waals surface area contributed by atoms with E-state index in [2.05, 4.69) is 17.2 Å². The van der Waals surface area contributed by atoms with Crippen molar-refractivity contribution in [1.82, 2.24) is 10.3 Å². The average molecular weight is 284 g/mol. The standard InChI is InChI=1S/C17H20N2O2/c1-2-3-9-15-10-14(11-16(20)19-15)17(21)18-12-13-7-5-4-6-8-13/h4-8,10-11H,2-3,9,12H2,1H3,(H,18,21)(H,19,20). The van der Waals surface area contributed by atoms with Gasteiger partial charge < -0.3 is 10.3 Å². The molecule has 0 atom stereocenters. The maximum atomic E-state index is 12.1. The summed E-state index contributed by atoms with van der Waals surface area (Å²) in [7, 11) is 0. The Kier molecular flexibility index (Phi) is 5.32. The first-order valence-corrected chi connectivity index (χ1v) is 7.24. The van der Waals surface area contributed by atoms with E-state index in [0.717, 1.165) is 30.5 Å². The van der Waals surface area contributed by atoms with Gasteiger partial charge in [-0.1, -0.05) is 43.7 Å². The van der Waals surface area contributed by atoms with E-state index in [1.165, 1.54) is 6.07 Å². The van der Waals surface area contributed by atoms with Crippen LogP contribution in [0.3, 0.4) is 0 Å². The second-order valence-electron chi connectivity index (χ2n) is 5.03. The molecule has 4 heteroatoms. The van der Waals surface area contributed by atoms with Crippen molar-refractivity contribution >= 4 is 5.91 Å². The minimum Gasteiger partial charge on any atom is -0.348 e. The van der Waals surface area contributed by atoms with E-state index in [0.29, 0.717) is 12.1 Å². The zero-order valence-electron chi connectivity index (χ0n) is 12.2. The number of aromatic nitrogens is 1. The molecule has 2 rings (SSSR count). The minimum absolute atomic E-state index is 0.220. The van der Waals surface area contributed by atoms with Crippen molar-refractivity contribution < 1.29 is 4.79 Å². The Hall–Kier alpha value is -2.36. The van der Waals surface area contributed by atoms with Gasteiger partial charge in [-0.15, -0.1) is 0 Å². The molecule has 0 saturated heterocycles. The highest BCUT2D eigenvalue weighted by molar-refractivity contribution is 5.94. The Balaban J connectivity index is 2.04. The molecule has 4 nitrogen and oxygen atoms in total. The minimum atomic E-state index is -0.228. The summed E-state index contributed by atoms with van der Waals surface area (Å²) in [6.07, 6.45) is 2.82. The van der Waals surface area contributed by atoms with Gasteiger partial charge in [0.15, 0.2) is 0 Å². The predicted molar refractivity (Wildman–Crippen MR) is 83.3 cm³/mol. The second-order valence-corrected chi connectivity index (χ2v) is 5.03. The van der Waals surface area contributed by atoms with Crippen molar-refractivity contribution in [2.45, 2.75) is 32.7 Å². The smallest absolute Gasteiger partial charge is 0.251 e. The van der Waals surface area contributed by atoms with Crippen LogP contribution in [0, 0.1) is 0 Å². The Morgan fingerprint density at radius 1 is 1.19 bits per heavy atom. The largest absolute Gasteiger partial charge is 0.348 e. The van der Waals surface area contributed by atoms with Crippen LogP contribution >= 0.6 is 0 Å². The highest BCUT2D eigenvalue weighted by Gasteiger charge is 2.08. The molecule has 2 N–H and O–H groups in total. The molecule has 21 heavy (non-hydrogen) atoms. The first kappa shape index (κ1) is 15.0. The van der Waals surface area contributed by atoms with Gasteiger partial charge in [-0.3, -0.25) is 9.59 Å². The SMILES string of the molecule is CCCCc1cc(C(=O)NCc2ccccc2)cc(=O)[nH]1. The molecule has 0 unspecified atom stereocenters. The average Bonchev–Trinajstić information content (AvgIpc) is 2.51. The van der Waals surface area contributed by atoms with E-state index in [1.54, 1.807) is 6.07 Å². The van der Waals surface area contributed by atoms with E-state index in [-0.39, 0.29) is 11.5 Å². The van der Waals surface area contributed by atoms with Crippen LogP contribution < -0.4 is 10.9 Å². The molecule has 110 valence electrons. The van der Waals surface area contributed by atoms with Crippen molar-refractivity contribution in [2.75, 3.05) is 0 Å². The van der Waals surface area contributed by atoms with Gasteiger partial charge in [0, 0.05) is 23.9 Å². The van der Waals surface area contributed by atoms with Crippen molar-refractivity contribution in [3.05, 3.63) is 69.6 Å². The predicted octanol–water partition coefficient (Wildman–Crippen LogP) is 2.65. The molecule has 0 bridgehead atoms. The summed E-state index contributed by atoms with van der Waals surface area (Å²) >= 11 is 0. The molecule has 0 radical (unpaired) electrons. The van der Waals surface area contributed by atoms with Gasteiger partial charge in [0.25, 0.3) is 5.91 Å². The Morgan fingerprint density at radius 2 is 1.95 bits per heavy atom. The van der Waals surface area contributed by atoms with Crippen LogP contribution in [0.4, 0.5) is 0 Å². The molecule has 0 aliphatic rings. The summed E-state index contributed by atoms with van der Waals surface area (Å²) in [5.74, 6) is -0.220. The maximum absolute atomic E-state index is 12.1. The lowest BCUT2D eigenvalue weighted by molar-refractivity contribution is 0.0950. The Morgan fingerprint density at radius 3 is 2.67 bits per heavy atom. The maximum Gasteiger partial charge on any atom is 0.251 e. The number of hydrogen-bond donors (Lipinski definition) is 2. The quantitative estimate of drug-likeness (QED) is 0.856. The molecular formula is C17H20N2O2. The zero-order valence-corrected chi connectivity index (χ0v) is 12.2. The number of pyridine rings is 1. The number of unbranched alkanes of at least 4 members (excludes halogenated alkanes) is 1. The molecule has 1 aromatic heterocycles.